The third-order valence-corrected chi connectivity index (χ3v) is 3.66. The summed E-state index contributed by atoms with van der Waals surface area (Å²) >= 11 is 0. The van der Waals surface area contributed by atoms with E-state index in [-0.39, 0.29) is 24.7 Å². The summed E-state index contributed by atoms with van der Waals surface area (Å²) in [5.74, 6) is 0. The number of likely N-dealkylation sites (tertiary alicyclic amines) is 1. The third-order valence-electron chi connectivity index (χ3n) is 3.66. The van der Waals surface area contributed by atoms with Gasteiger partial charge in [0.05, 0.1) is 0 Å². The molecule has 4 heteroatoms. The van der Waals surface area contributed by atoms with Crippen LogP contribution in [0, 0.1) is 0 Å². The van der Waals surface area contributed by atoms with E-state index >= 15 is 0 Å². The maximum Gasteiger partial charge on any atom is 0.317 e. The van der Waals surface area contributed by atoms with Gasteiger partial charge >= 0.3 is 6.03 Å². The van der Waals surface area contributed by atoms with E-state index in [1.54, 1.807) is 0 Å². The van der Waals surface area contributed by atoms with Gasteiger partial charge in [-0.2, -0.15) is 0 Å². The Bertz CT molecular complexity index is 227. The highest BCUT2D eigenvalue weighted by molar-refractivity contribution is 5.75. The van der Waals surface area contributed by atoms with Gasteiger partial charge in [-0.3, -0.25) is 0 Å². The SMILES string of the molecule is CCC(CC)NC(=O)N1CCCCC1CCO. The van der Waals surface area contributed by atoms with E-state index in [1.807, 2.05) is 4.90 Å². The van der Waals surface area contributed by atoms with Gasteiger partial charge in [0.1, 0.15) is 0 Å². The summed E-state index contributed by atoms with van der Waals surface area (Å²) in [5, 5.41) is 12.1. The number of amides is 2. The van der Waals surface area contributed by atoms with Crippen molar-refractivity contribution >= 4 is 6.03 Å². The fraction of sp³-hybridized carbons (Fsp3) is 0.923. The molecule has 2 N–H and O–H groups in total. The van der Waals surface area contributed by atoms with Crippen LogP contribution in [0.15, 0.2) is 0 Å². The highest BCUT2D eigenvalue weighted by atomic mass is 16.3. The smallest absolute Gasteiger partial charge is 0.317 e. The summed E-state index contributed by atoms with van der Waals surface area (Å²) in [7, 11) is 0. The second-order valence-electron chi connectivity index (χ2n) is 4.82. The van der Waals surface area contributed by atoms with E-state index in [9.17, 15) is 4.79 Å². The van der Waals surface area contributed by atoms with Gasteiger partial charge in [-0.05, 0) is 38.5 Å². The van der Waals surface area contributed by atoms with Gasteiger partial charge in [-0.1, -0.05) is 13.8 Å². The van der Waals surface area contributed by atoms with Gasteiger partial charge in [-0.25, -0.2) is 4.79 Å². The molecular formula is C13H26N2O2. The zero-order chi connectivity index (χ0) is 12.7. The minimum atomic E-state index is 0.0526. The monoisotopic (exact) mass is 242 g/mol. The lowest BCUT2D eigenvalue weighted by Crippen LogP contribution is -2.51. The first-order valence-electron chi connectivity index (χ1n) is 6.90. The first-order chi connectivity index (χ1) is 8.22. The molecule has 4 nitrogen and oxygen atoms in total. The van der Waals surface area contributed by atoms with E-state index in [1.165, 1.54) is 6.42 Å². The van der Waals surface area contributed by atoms with Crippen molar-refractivity contribution in [1.29, 1.82) is 0 Å². The summed E-state index contributed by atoms with van der Waals surface area (Å²) in [4.78, 5) is 14.1. The minimum Gasteiger partial charge on any atom is -0.396 e. The molecule has 0 radical (unpaired) electrons. The van der Waals surface area contributed by atoms with Crippen LogP contribution in [0.5, 0.6) is 0 Å². The molecule has 0 spiro atoms. The number of rotatable bonds is 5. The van der Waals surface area contributed by atoms with Gasteiger partial charge in [-0.15, -0.1) is 0 Å². The maximum atomic E-state index is 12.1. The molecule has 0 aromatic carbocycles. The van der Waals surface area contributed by atoms with Crippen molar-refractivity contribution in [2.75, 3.05) is 13.2 Å². The van der Waals surface area contributed by atoms with E-state index in [0.717, 1.165) is 32.2 Å². The number of carbonyl (C=O) groups excluding carboxylic acids is 1. The Morgan fingerprint density at radius 3 is 2.71 bits per heavy atom. The van der Waals surface area contributed by atoms with Gasteiger partial charge in [0.15, 0.2) is 0 Å². The Balaban J connectivity index is 2.52. The van der Waals surface area contributed by atoms with Crippen LogP contribution in [-0.4, -0.2) is 41.3 Å². The zero-order valence-electron chi connectivity index (χ0n) is 11.1. The Labute approximate surface area is 104 Å². The van der Waals surface area contributed by atoms with Crippen LogP contribution in [0.1, 0.15) is 52.4 Å². The molecule has 1 saturated heterocycles. The number of urea groups is 1. The Kier molecular flexibility index (Phi) is 6.34. The number of aliphatic hydroxyl groups is 1. The van der Waals surface area contributed by atoms with Crippen LogP contribution in [0.2, 0.25) is 0 Å². The molecule has 1 aliphatic heterocycles. The first kappa shape index (κ1) is 14.3. The van der Waals surface area contributed by atoms with Crippen molar-refractivity contribution < 1.29 is 9.90 Å². The predicted octanol–water partition coefficient (Wildman–Crippen LogP) is 2.12. The number of hydrogen-bond acceptors (Lipinski definition) is 2. The summed E-state index contributed by atoms with van der Waals surface area (Å²) < 4.78 is 0. The Morgan fingerprint density at radius 1 is 1.41 bits per heavy atom. The molecule has 17 heavy (non-hydrogen) atoms. The molecule has 0 aromatic heterocycles. The minimum absolute atomic E-state index is 0.0526. The number of hydrogen-bond donors (Lipinski definition) is 2. The molecule has 1 atom stereocenters. The lowest BCUT2D eigenvalue weighted by atomic mass is 10.00. The van der Waals surface area contributed by atoms with Crippen molar-refractivity contribution in [2.45, 2.75) is 64.5 Å². The molecular weight excluding hydrogens is 216 g/mol. The number of carbonyl (C=O) groups is 1. The molecule has 0 aliphatic carbocycles. The van der Waals surface area contributed by atoms with Crippen LogP contribution in [0.3, 0.4) is 0 Å². The van der Waals surface area contributed by atoms with Crippen LogP contribution < -0.4 is 5.32 Å². The maximum absolute atomic E-state index is 12.1. The van der Waals surface area contributed by atoms with Crippen molar-refractivity contribution in [1.82, 2.24) is 10.2 Å². The van der Waals surface area contributed by atoms with Crippen LogP contribution in [0.25, 0.3) is 0 Å². The van der Waals surface area contributed by atoms with Crippen LogP contribution in [0.4, 0.5) is 4.79 Å². The molecule has 2 amide bonds. The van der Waals surface area contributed by atoms with Crippen molar-refractivity contribution in [3.05, 3.63) is 0 Å². The topological polar surface area (TPSA) is 52.6 Å². The van der Waals surface area contributed by atoms with E-state index in [4.69, 9.17) is 5.11 Å². The second-order valence-corrected chi connectivity index (χ2v) is 4.82. The lowest BCUT2D eigenvalue weighted by Gasteiger charge is -2.36. The van der Waals surface area contributed by atoms with Gasteiger partial charge in [0.25, 0.3) is 0 Å². The molecule has 0 saturated carbocycles. The fourth-order valence-corrected chi connectivity index (χ4v) is 2.47. The summed E-state index contributed by atoms with van der Waals surface area (Å²) in [6, 6.07) is 0.555. The first-order valence-corrected chi connectivity index (χ1v) is 6.90. The molecule has 0 bridgehead atoms. The summed E-state index contributed by atoms with van der Waals surface area (Å²) in [5.41, 5.74) is 0. The Hall–Kier alpha value is -0.770. The molecule has 1 fully saturated rings. The number of nitrogens with one attached hydrogen (secondary N) is 1. The molecule has 100 valence electrons. The van der Waals surface area contributed by atoms with Gasteiger partial charge in [0.2, 0.25) is 0 Å². The summed E-state index contributed by atoms with van der Waals surface area (Å²) in [6.45, 7) is 5.18. The Morgan fingerprint density at radius 2 is 2.12 bits per heavy atom. The molecule has 1 rings (SSSR count). The largest absolute Gasteiger partial charge is 0.396 e. The second kappa shape index (κ2) is 7.54. The molecule has 1 heterocycles. The lowest BCUT2D eigenvalue weighted by molar-refractivity contribution is 0.129. The highest BCUT2D eigenvalue weighted by Gasteiger charge is 2.26. The van der Waals surface area contributed by atoms with E-state index in [2.05, 4.69) is 19.2 Å². The van der Waals surface area contributed by atoms with Crippen molar-refractivity contribution in [2.24, 2.45) is 0 Å². The zero-order valence-corrected chi connectivity index (χ0v) is 11.1. The fourth-order valence-electron chi connectivity index (χ4n) is 2.47. The number of nitrogens with zero attached hydrogens (tertiary/aromatic N) is 1. The van der Waals surface area contributed by atoms with E-state index in [0.29, 0.717) is 6.42 Å². The molecule has 0 aromatic rings. The van der Waals surface area contributed by atoms with Crippen LogP contribution >= 0.6 is 0 Å². The average Bonchev–Trinajstić information content (AvgIpc) is 2.36. The highest BCUT2D eigenvalue weighted by Crippen LogP contribution is 2.19. The summed E-state index contributed by atoms with van der Waals surface area (Å²) in [6.07, 6.45) is 5.92. The number of aliphatic hydroxyl groups excluding tert-OH is 1. The van der Waals surface area contributed by atoms with Gasteiger partial charge in [0, 0.05) is 25.2 Å². The van der Waals surface area contributed by atoms with Crippen LogP contribution in [-0.2, 0) is 0 Å². The van der Waals surface area contributed by atoms with Gasteiger partial charge < -0.3 is 15.3 Å². The molecule has 1 aliphatic rings. The van der Waals surface area contributed by atoms with E-state index < -0.39 is 0 Å². The normalized spacial score (nSPS) is 20.7. The van der Waals surface area contributed by atoms with Crippen molar-refractivity contribution in [3.63, 3.8) is 0 Å². The van der Waals surface area contributed by atoms with Crippen molar-refractivity contribution in [3.8, 4) is 0 Å². The third kappa shape index (κ3) is 4.19. The number of piperidine rings is 1. The standard InChI is InChI=1S/C13H26N2O2/c1-3-11(4-2)14-13(17)15-9-6-5-7-12(15)8-10-16/h11-12,16H,3-10H2,1-2H3,(H,14,17). The predicted molar refractivity (Wildman–Crippen MR) is 68.9 cm³/mol. The molecule has 1 unspecified atom stereocenters. The average molecular weight is 242 g/mol. The quantitative estimate of drug-likeness (QED) is 0.776.